The Morgan fingerprint density at radius 2 is 2.30 bits per heavy atom. The van der Waals surface area contributed by atoms with Gasteiger partial charge in [0.25, 0.3) is 5.89 Å². The average molecular weight is 293 g/mol. The lowest BCUT2D eigenvalue weighted by Gasteiger charge is -2.30. The van der Waals surface area contributed by atoms with E-state index < -0.39 is 0 Å². The Labute approximate surface area is 122 Å². The van der Waals surface area contributed by atoms with E-state index in [0.29, 0.717) is 29.3 Å². The van der Waals surface area contributed by atoms with Gasteiger partial charge < -0.3 is 9.84 Å². The number of aromatic nitrogens is 2. The Kier molecular flexibility index (Phi) is 4.00. The van der Waals surface area contributed by atoms with Gasteiger partial charge in [0.05, 0.1) is 17.1 Å². The lowest BCUT2D eigenvalue weighted by molar-refractivity contribution is 0.193. The highest BCUT2D eigenvalue weighted by molar-refractivity contribution is 6.33. The zero-order valence-corrected chi connectivity index (χ0v) is 12.1. The van der Waals surface area contributed by atoms with Crippen LogP contribution in [0.4, 0.5) is 0 Å². The molecule has 1 fully saturated rings. The van der Waals surface area contributed by atoms with E-state index in [1.54, 1.807) is 0 Å². The van der Waals surface area contributed by atoms with Crippen LogP contribution in [0.2, 0.25) is 5.02 Å². The summed E-state index contributed by atoms with van der Waals surface area (Å²) in [6, 6.07) is 7.98. The fourth-order valence-corrected chi connectivity index (χ4v) is 2.63. The molecular formula is C14H17ClN4O. The SMILES string of the molecule is CC1CN(Cc2noc(-c3ccccc3Cl)n2)CCN1. The van der Waals surface area contributed by atoms with E-state index in [0.717, 1.165) is 25.2 Å². The zero-order chi connectivity index (χ0) is 13.9. The molecule has 2 heterocycles. The number of nitrogens with zero attached hydrogens (tertiary/aromatic N) is 3. The van der Waals surface area contributed by atoms with E-state index in [2.05, 4.69) is 27.3 Å². The molecule has 0 amide bonds. The van der Waals surface area contributed by atoms with Crippen LogP contribution >= 0.6 is 11.6 Å². The Morgan fingerprint density at radius 3 is 3.10 bits per heavy atom. The summed E-state index contributed by atoms with van der Waals surface area (Å²) < 4.78 is 5.31. The first-order valence-electron chi connectivity index (χ1n) is 6.75. The molecule has 5 nitrogen and oxygen atoms in total. The lowest BCUT2D eigenvalue weighted by atomic mass is 10.2. The standard InChI is InChI=1S/C14H17ClN4O/c1-10-8-19(7-6-16-10)9-13-17-14(20-18-13)11-4-2-3-5-12(11)15/h2-5,10,16H,6-9H2,1H3. The van der Waals surface area contributed by atoms with Crippen LogP contribution < -0.4 is 5.32 Å². The molecule has 1 unspecified atom stereocenters. The average Bonchev–Trinajstić information content (AvgIpc) is 2.87. The first-order chi connectivity index (χ1) is 9.72. The van der Waals surface area contributed by atoms with E-state index in [-0.39, 0.29) is 0 Å². The summed E-state index contributed by atoms with van der Waals surface area (Å²) in [7, 11) is 0. The second-order valence-electron chi connectivity index (χ2n) is 5.09. The molecule has 2 aromatic rings. The predicted octanol–water partition coefficient (Wildman–Crippen LogP) is 2.18. The van der Waals surface area contributed by atoms with Crippen LogP contribution in [0.15, 0.2) is 28.8 Å². The molecule has 0 bridgehead atoms. The van der Waals surface area contributed by atoms with Gasteiger partial charge in [0.2, 0.25) is 0 Å². The lowest BCUT2D eigenvalue weighted by Crippen LogP contribution is -2.48. The third-order valence-corrected chi connectivity index (χ3v) is 3.72. The number of halogens is 1. The second-order valence-corrected chi connectivity index (χ2v) is 5.49. The van der Waals surface area contributed by atoms with Crippen molar-refractivity contribution in [2.45, 2.75) is 19.5 Å². The van der Waals surface area contributed by atoms with Crippen molar-refractivity contribution in [2.75, 3.05) is 19.6 Å². The molecule has 1 aromatic carbocycles. The van der Waals surface area contributed by atoms with E-state index in [1.165, 1.54) is 0 Å². The highest BCUT2D eigenvalue weighted by atomic mass is 35.5. The highest BCUT2D eigenvalue weighted by Gasteiger charge is 2.18. The van der Waals surface area contributed by atoms with Crippen LogP contribution in [-0.2, 0) is 6.54 Å². The number of piperazine rings is 1. The van der Waals surface area contributed by atoms with Gasteiger partial charge in [-0.25, -0.2) is 0 Å². The van der Waals surface area contributed by atoms with Crippen molar-refractivity contribution < 1.29 is 4.52 Å². The van der Waals surface area contributed by atoms with Gasteiger partial charge in [-0.15, -0.1) is 0 Å². The van der Waals surface area contributed by atoms with Gasteiger partial charge in [0, 0.05) is 25.7 Å². The number of hydrogen-bond donors (Lipinski definition) is 1. The summed E-state index contributed by atoms with van der Waals surface area (Å²) in [4.78, 5) is 6.76. The number of rotatable bonds is 3. The fraction of sp³-hybridized carbons (Fsp3) is 0.429. The summed E-state index contributed by atoms with van der Waals surface area (Å²) in [5, 5.41) is 8.08. The summed E-state index contributed by atoms with van der Waals surface area (Å²) >= 11 is 6.13. The molecule has 6 heteroatoms. The molecule has 20 heavy (non-hydrogen) atoms. The van der Waals surface area contributed by atoms with Crippen molar-refractivity contribution in [1.29, 1.82) is 0 Å². The Bertz CT molecular complexity index is 586. The highest BCUT2D eigenvalue weighted by Crippen LogP contribution is 2.25. The summed E-state index contributed by atoms with van der Waals surface area (Å²) in [5.41, 5.74) is 0.779. The van der Waals surface area contributed by atoms with E-state index in [4.69, 9.17) is 16.1 Å². The van der Waals surface area contributed by atoms with Crippen molar-refractivity contribution in [3.63, 3.8) is 0 Å². The third-order valence-electron chi connectivity index (χ3n) is 3.39. The Morgan fingerprint density at radius 1 is 1.45 bits per heavy atom. The quantitative estimate of drug-likeness (QED) is 0.940. The molecule has 0 radical (unpaired) electrons. The molecule has 106 valence electrons. The molecule has 1 aromatic heterocycles. The van der Waals surface area contributed by atoms with Crippen molar-refractivity contribution >= 4 is 11.6 Å². The maximum atomic E-state index is 6.13. The summed E-state index contributed by atoms with van der Waals surface area (Å²) in [5.74, 6) is 1.18. The maximum absolute atomic E-state index is 6.13. The molecule has 1 aliphatic rings. The minimum Gasteiger partial charge on any atom is -0.334 e. The predicted molar refractivity (Wildman–Crippen MR) is 77.5 cm³/mol. The van der Waals surface area contributed by atoms with Crippen LogP contribution in [0.5, 0.6) is 0 Å². The molecule has 3 rings (SSSR count). The van der Waals surface area contributed by atoms with Crippen molar-refractivity contribution in [3.8, 4) is 11.5 Å². The Hall–Kier alpha value is -1.43. The van der Waals surface area contributed by atoms with Gasteiger partial charge in [-0.1, -0.05) is 28.9 Å². The monoisotopic (exact) mass is 292 g/mol. The second kappa shape index (κ2) is 5.91. The van der Waals surface area contributed by atoms with Crippen LogP contribution in [0, 0.1) is 0 Å². The molecule has 1 saturated heterocycles. The van der Waals surface area contributed by atoms with Gasteiger partial charge in [0.15, 0.2) is 5.82 Å². The van der Waals surface area contributed by atoms with Crippen LogP contribution in [-0.4, -0.2) is 40.7 Å². The van der Waals surface area contributed by atoms with Crippen molar-refractivity contribution in [2.24, 2.45) is 0 Å². The van der Waals surface area contributed by atoms with E-state index >= 15 is 0 Å². The first kappa shape index (κ1) is 13.5. The molecule has 0 saturated carbocycles. The van der Waals surface area contributed by atoms with Crippen LogP contribution in [0.3, 0.4) is 0 Å². The number of nitrogens with one attached hydrogen (secondary N) is 1. The number of benzene rings is 1. The molecule has 1 atom stereocenters. The fourth-order valence-electron chi connectivity index (χ4n) is 2.42. The number of hydrogen-bond acceptors (Lipinski definition) is 5. The van der Waals surface area contributed by atoms with Gasteiger partial charge >= 0.3 is 0 Å². The van der Waals surface area contributed by atoms with Crippen molar-refractivity contribution in [1.82, 2.24) is 20.4 Å². The molecule has 1 N–H and O–H groups in total. The summed E-state index contributed by atoms with van der Waals surface area (Å²) in [6.07, 6.45) is 0. The first-order valence-corrected chi connectivity index (χ1v) is 7.13. The van der Waals surface area contributed by atoms with Crippen LogP contribution in [0.25, 0.3) is 11.5 Å². The van der Waals surface area contributed by atoms with Gasteiger partial charge in [-0.3, -0.25) is 4.90 Å². The molecule has 1 aliphatic heterocycles. The summed E-state index contributed by atoms with van der Waals surface area (Å²) in [6.45, 7) is 5.88. The van der Waals surface area contributed by atoms with Crippen LogP contribution in [0.1, 0.15) is 12.7 Å². The van der Waals surface area contributed by atoms with Gasteiger partial charge in [0.1, 0.15) is 0 Å². The zero-order valence-electron chi connectivity index (χ0n) is 11.3. The van der Waals surface area contributed by atoms with Gasteiger partial charge in [-0.2, -0.15) is 4.98 Å². The minimum absolute atomic E-state index is 0.480. The van der Waals surface area contributed by atoms with E-state index in [9.17, 15) is 0 Å². The van der Waals surface area contributed by atoms with Gasteiger partial charge in [-0.05, 0) is 19.1 Å². The smallest absolute Gasteiger partial charge is 0.259 e. The molecule has 0 aliphatic carbocycles. The normalized spacial score (nSPS) is 20.2. The molecular weight excluding hydrogens is 276 g/mol. The van der Waals surface area contributed by atoms with E-state index in [1.807, 2.05) is 24.3 Å². The maximum Gasteiger partial charge on any atom is 0.259 e. The third kappa shape index (κ3) is 3.00. The van der Waals surface area contributed by atoms with Crippen molar-refractivity contribution in [3.05, 3.63) is 35.1 Å². The minimum atomic E-state index is 0.480. The Balaban J connectivity index is 1.72. The molecule has 0 spiro atoms. The topological polar surface area (TPSA) is 54.2 Å². The largest absolute Gasteiger partial charge is 0.334 e.